The van der Waals surface area contributed by atoms with Crippen molar-refractivity contribution >= 4 is 12.0 Å². The first kappa shape index (κ1) is 15.7. The van der Waals surface area contributed by atoms with Crippen molar-refractivity contribution in [1.82, 2.24) is 14.5 Å². The fourth-order valence-electron chi connectivity index (χ4n) is 3.54. The maximum absolute atomic E-state index is 12.9. The van der Waals surface area contributed by atoms with E-state index in [0.717, 1.165) is 35.9 Å². The number of carbonyl (C=O) groups is 1. The number of benzene rings is 1. The van der Waals surface area contributed by atoms with E-state index in [1.165, 1.54) is 0 Å². The molecule has 130 valence electrons. The third kappa shape index (κ3) is 2.88. The van der Waals surface area contributed by atoms with Crippen molar-refractivity contribution in [3.05, 3.63) is 47.6 Å². The van der Waals surface area contributed by atoms with Crippen molar-refractivity contribution < 1.29 is 14.3 Å². The molecule has 0 saturated carbocycles. The van der Waals surface area contributed by atoms with Gasteiger partial charge in [-0.25, -0.2) is 4.98 Å². The summed E-state index contributed by atoms with van der Waals surface area (Å²) < 4.78 is 13.0. The molecule has 4 rings (SSSR count). The first-order valence-corrected chi connectivity index (χ1v) is 8.43. The molecule has 1 atom stereocenters. The Kier molecular flexibility index (Phi) is 3.95. The number of rotatable bonds is 3. The Labute approximate surface area is 146 Å². The van der Waals surface area contributed by atoms with E-state index in [1.807, 2.05) is 53.2 Å². The minimum atomic E-state index is 0.0465. The number of fused-ring (bicyclic) bond motifs is 1. The van der Waals surface area contributed by atoms with Gasteiger partial charge in [0, 0.05) is 44.0 Å². The molecule has 0 bridgehead atoms. The maximum atomic E-state index is 12.9. The lowest BCUT2D eigenvalue weighted by Gasteiger charge is -2.22. The highest BCUT2D eigenvalue weighted by molar-refractivity contribution is 5.99. The van der Waals surface area contributed by atoms with Gasteiger partial charge < -0.3 is 18.9 Å². The van der Waals surface area contributed by atoms with Gasteiger partial charge in [0.2, 0.25) is 0 Å². The molecule has 25 heavy (non-hydrogen) atoms. The summed E-state index contributed by atoms with van der Waals surface area (Å²) in [5, 5.41) is 0. The van der Waals surface area contributed by atoms with Gasteiger partial charge in [-0.1, -0.05) is 0 Å². The molecule has 1 aromatic carbocycles. The van der Waals surface area contributed by atoms with Crippen molar-refractivity contribution in [2.45, 2.75) is 12.3 Å². The molecule has 1 amide bonds. The zero-order valence-corrected chi connectivity index (χ0v) is 14.4. The van der Waals surface area contributed by atoms with E-state index in [9.17, 15) is 4.79 Å². The number of amides is 1. The number of nitrogens with zero attached hydrogens (tertiary/aromatic N) is 3. The van der Waals surface area contributed by atoms with Crippen molar-refractivity contribution in [2.75, 3.05) is 26.8 Å². The lowest BCUT2D eigenvalue weighted by Crippen LogP contribution is -2.32. The highest BCUT2D eigenvalue weighted by atomic mass is 16.5. The molecule has 2 aliphatic heterocycles. The van der Waals surface area contributed by atoms with Gasteiger partial charge >= 0.3 is 0 Å². The third-order valence-corrected chi connectivity index (χ3v) is 4.90. The second-order valence-electron chi connectivity index (χ2n) is 6.50. The number of ether oxygens (including phenoxy) is 2. The van der Waals surface area contributed by atoms with Gasteiger partial charge in [0.05, 0.1) is 12.7 Å². The van der Waals surface area contributed by atoms with Crippen LogP contribution in [-0.4, -0.2) is 47.2 Å². The molecule has 2 aliphatic rings. The molecule has 2 aromatic rings. The minimum Gasteiger partial charge on any atom is -0.497 e. The average molecular weight is 339 g/mol. The van der Waals surface area contributed by atoms with Gasteiger partial charge in [-0.3, -0.25) is 4.79 Å². The predicted octanol–water partition coefficient (Wildman–Crippen LogP) is 2.22. The topological polar surface area (TPSA) is 56.6 Å². The normalized spacial score (nSPS) is 19.2. The summed E-state index contributed by atoms with van der Waals surface area (Å²) in [5.41, 5.74) is 1.56. The molecule has 6 nitrogen and oxygen atoms in total. The number of methoxy groups -OCH3 is 1. The van der Waals surface area contributed by atoms with Gasteiger partial charge in [-0.15, -0.1) is 0 Å². The van der Waals surface area contributed by atoms with Crippen LogP contribution in [0, 0.1) is 0 Å². The molecule has 0 spiro atoms. The number of likely N-dealkylation sites (tertiary alicyclic amines) is 1. The first-order valence-electron chi connectivity index (χ1n) is 8.43. The highest BCUT2D eigenvalue weighted by Gasteiger charge is 2.31. The summed E-state index contributed by atoms with van der Waals surface area (Å²) in [6.07, 6.45) is 6.61. The molecule has 1 unspecified atom stereocenters. The molecule has 1 fully saturated rings. The number of aryl methyl sites for hydroxylation is 1. The predicted molar refractivity (Wildman–Crippen MR) is 93.6 cm³/mol. The van der Waals surface area contributed by atoms with Crippen LogP contribution < -0.4 is 9.47 Å². The van der Waals surface area contributed by atoms with E-state index in [4.69, 9.17) is 9.47 Å². The van der Waals surface area contributed by atoms with E-state index in [2.05, 4.69) is 4.98 Å². The van der Waals surface area contributed by atoms with Gasteiger partial charge in [0.15, 0.2) is 0 Å². The van der Waals surface area contributed by atoms with Crippen molar-refractivity contribution in [1.29, 1.82) is 0 Å². The number of hydrogen-bond donors (Lipinski definition) is 0. The Balaban J connectivity index is 1.52. The molecular formula is C19H21N3O3. The van der Waals surface area contributed by atoms with Crippen LogP contribution in [-0.2, 0) is 11.8 Å². The molecule has 1 saturated heterocycles. The monoisotopic (exact) mass is 339 g/mol. The summed E-state index contributed by atoms with van der Waals surface area (Å²) in [7, 11) is 3.62. The zero-order chi connectivity index (χ0) is 17.4. The van der Waals surface area contributed by atoms with Crippen LogP contribution in [0.5, 0.6) is 11.5 Å². The Morgan fingerprint density at radius 2 is 2.28 bits per heavy atom. The Morgan fingerprint density at radius 1 is 1.40 bits per heavy atom. The fraction of sp³-hybridized carbons (Fsp3) is 0.368. The van der Waals surface area contributed by atoms with E-state index < -0.39 is 0 Å². The smallest absolute Gasteiger partial charge is 0.253 e. The summed E-state index contributed by atoms with van der Waals surface area (Å²) in [6.45, 7) is 1.76. The standard InChI is InChI=1S/C19H21N3O3/c1-21-8-6-20-18(21)13-5-7-22(11-13)19(23)15-9-14-10-16(24-2)3-4-17(14)25-12-15/h3-4,6,8-10,13H,5,7,11-12H2,1-2H3. The third-order valence-electron chi connectivity index (χ3n) is 4.90. The Morgan fingerprint density at radius 3 is 3.04 bits per heavy atom. The summed E-state index contributed by atoms with van der Waals surface area (Å²) in [5.74, 6) is 2.92. The quantitative estimate of drug-likeness (QED) is 0.860. The summed E-state index contributed by atoms with van der Waals surface area (Å²) >= 11 is 0. The minimum absolute atomic E-state index is 0.0465. The Bertz CT molecular complexity index is 840. The van der Waals surface area contributed by atoms with E-state index in [-0.39, 0.29) is 5.91 Å². The largest absolute Gasteiger partial charge is 0.497 e. The van der Waals surface area contributed by atoms with E-state index in [1.54, 1.807) is 7.11 Å². The number of aromatic nitrogens is 2. The summed E-state index contributed by atoms with van der Waals surface area (Å²) in [6, 6.07) is 5.62. The average Bonchev–Trinajstić information content (AvgIpc) is 3.28. The lowest BCUT2D eigenvalue weighted by molar-refractivity contribution is -0.126. The second-order valence-corrected chi connectivity index (χ2v) is 6.50. The second kappa shape index (κ2) is 6.27. The van der Waals surface area contributed by atoms with Crippen LogP contribution in [0.4, 0.5) is 0 Å². The molecule has 0 radical (unpaired) electrons. The van der Waals surface area contributed by atoms with Gasteiger partial charge in [-0.05, 0) is 30.7 Å². The zero-order valence-electron chi connectivity index (χ0n) is 14.4. The molecule has 3 heterocycles. The molecule has 0 N–H and O–H groups in total. The first-order chi connectivity index (χ1) is 12.2. The van der Waals surface area contributed by atoms with Crippen molar-refractivity contribution in [3.63, 3.8) is 0 Å². The van der Waals surface area contributed by atoms with Crippen LogP contribution in [0.25, 0.3) is 6.08 Å². The van der Waals surface area contributed by atoms with Crippen LogP contribution >= 0.6 is 0 Å². The van der Waals surface area contributed by atoms with Crippen molar-refractivity contribution in [3.8, 4) is 11.5 Å². The lowest BCUT2D eigenvalue weighted by atomic mass is 10.1. The van der Waals surface area contributed by atoms with Gasteiger partial charge in [0.1, 0.15) is 23.9 Å². The van der Waals surface area contributed by atoms with Crippen LogP contribution in [0.15, 0.2) is 36.2 Å². The Hall–Kier alpha value is -2.76. The molecular weight excluding hydrogens is 318 g/mol. The SMILES string of the molecule is COc1ccc2c(c1)C=C(C(=O)N1CCC(c3nccn3C)C1)CO2. The van der Waals surface area contributed by atoms with Crippen LogP contribution in [0.3, 0.4) is 0 Å². The fourth-order valence-corrected chi connectivity index (χ4v) is 3.54. The number of hydrogen-bond acceptors (Lipinski definition) is 4. The molecule has 1 aromatic heterocycles. The van der Waals surface area contributed by atoms with Crippen LogP contribution in [0.2, 0.25) is 0 Å². The van der Waals surface area contributed by atoms with Gasteiger partial charge in [0.25, 0.3) is 5.91 Å². The summed E-state index contributed by atoms with van der Waals surface area (Å²) in [4.78, 5) is 19.2. The van der Waals surface area contributed by atoms with Crippen LogP contribution in [0.1, 0.15) is 23.7 Å². The highest BCUT2D eigenvalue weighted by Crippen LogP contribution is 2.32. The van der Waals surface area contributed by atoms with E-state index in [0.29, 0.717) is 24.6 Å². The molecule has 0 aliphatic carbocycles. The van der Waals surface area contributed by atoms with Gasteiger partial charge in [-0.2, -0.15) is 0 Å². The van der Waals surface area contributed by atoms with E-state index >= 15 is 0 Å². The number of imidazole rings is 1. The number of carbonyl (C=O) groups excluding carboxylic acids is 1. The molecule has 6 heteroatoms. The maximum Gasteiger partial charge on any atom is 0.253 e. The van der Waals surface area contributed by atoms with Crippen molar-refractivity contribution in [2.24, 2.45) is 7.05 Å².